The van der Waals surface area contributed by atoms with Gasteiger partial charge in [-0.25, -0.2) is 0 Å². The van der Waals surface area contributed by atoms with Crippen molar-refractivity contribution in [3.8, 4) is 0 Å². The van der Waals surface area contributed by atoms with E-state index in [0.717, 1.165) is 0 Å². The summed E-state index contributed by atoms with van der Waals surface area (Å²) in [6.45, 7) is 1.64. The largest absolute Gasteiger partial charge is 2.00 e. The summed E-state index contributed by atoms with van der Waals surface area (Å²) in [5, 5.41) is 8.31. The van der Waals surface area contributed by atoms with Gasteiger partial charge in [0.15, 0.2) is 0 Å². The van der Waals surface area contributed by atoms with Crippen LogP contribution in [0.2, 0.25) is 0 Å². The molecule has 11 heavy (non-hydrogen) atoms. The molecule has 1 N–H and O–H groups in total. The molecule has 0 radical (unpaired) electrons. The second kappa shape index (κ2) is 11.3. The molecule has 6 heteroatoms. The maximum Gasteiger partial charge on any atom is 2.00 e. The average molecular weight is 228 g/mol. The molecule has 0 saturated carbocycles. The van der Waals surface area contributed by atoms with Crippen molar-refractivity contribution in [2.24, 2.45) is 0 Å². The van der Waals surface area contributed by atoms with Crippen molar-refractivity contribution >= 4 is 43.7 Å². The molecule has 0 bridgehead atoms. The van der Waals surface area contributed by atoms with Crippen molar-refractivity contribution in [1.29, 1.82) is 0 Å². The number of carbonyl (C=O) groups is 1. The zero-order valence-electron chi connectivity index (χ0n) is 6.84. The molecule has 0 aliphatic heterocycles. The zero-order chi connectivity index (χ0) is 6.73. The molecule has 64 valence electrons. The smallest absolute Gasteiger partial charge is 1.00 e. The minimum absolute atomic E-state index is 0. The molecular formula is C5H11CaCl2NO2. The van der Waals surface area contributed by atoms with Gasteiger partial charge in [0.2, 0.25) is 0 Å². The standard InChI is InChI=1S/C5H11NO2.Ca.2ClH/c1-4(5(7)8)6(2)3;;;/h4H,1-3H3,(H,7,8);;2*1H/q;+2;;/p-2. The second-order valence-electron chi connectivity index (χ2n) is 1.98. The Morgan fingerprint density at radius 3 is 1.64 bits per heavy atom. The molecule has 1 atom stereocenters. The monoisotopic (exact) mass is 227 g/mol. The Labute approximate surface area is 109 Å². The van der Waals surface area contributed by atoms with Gasteiger partial charge in [0.1, 0.15) is 6.04 Å². The van der Waals surface area contributed by atoms with Gasteiger partial charge in [-0.05, 0) is 21.0 Å². The van der Waals surface area contributed by atoms with Crippen LogP contribution in [0.3, 0.4) is 0 Å². The van der Waals surface area contributed by atoms with E-state index in [1.807, 2.05) is 0 Å². The SMILES string of the molecule is CC(C(=O)O)N(C)C.[Ca+2].[Cl-].[Cl-]. The van der Waals surface area contributed by atoms with Crippen molar-refractivity contribution in [2.75, 3.05) is 14.1 Å². The molecule has 0 aliphatic carbocycles. The number of hydrogen-bond acceptors (Lipinski definition) is 2. The molecule has 0 aliphatic rings. The first-order chi connectivity index (χ1) is 3.55. The van der Waals surface area contributed by atoms with Gasteiger partial charge in [-0.15, -0.1) is 0 Å². The first-order valence-electron chi connectivity index (χ1n) is 2.45. The van der Waals surface area contributed by atoms with Gasteiger partial charge in [-0.3, -0.25) is 9.69 Å². The van der Waals surface area contributed by atoms with Crippen LogP contribution < -0.4 is 24.8 Å². The van der Waals surface area contributed by atoms with Crippen molar-refractivity contribution in [1.82, 2.24) is 4.90 Å². The Bertz CT molecular complexity index is 102. The summed E-state index contributed by atoms with van der Waals surface area (Å²) >= 11 is 0. The number of nitrogens with zero attached hydrogens (tertiary/aromatic N) is 1. The quantitative estimate of drug-likeness (QED) is 0.478. The summed E-state index contributed by atoms with van der Waals surface area (Å²) in [4.78, 5) is 11.7. The zero-order valence-corrected chi connectivity index (χ0v) is 10.6. The third-order valence-electron chi connectivity index (χ3n) is 1.13. The first-order valence-corrected chi connectivity index (χ1v) is 2.45. The normalized spacial score (nSPS) is 10.2. The van der Waals surface area contributed by atoms with E-state index in [4.69, 9.17) is 5.11 Å². The first kappa shape index (κ1) is 22.8. The predicted molar refractivity (Wildman–Crippen MR) is 36.5 cm³/mol. The Morgan fingerprint density at radius 2 is 1.64 bits per heavy atom. The van der Waals surface area contributed by atoms with Gasteiger partial charge >= 0.3 is 43.7 Å². The topological polar surface area (TPSA) is 40.5 Å². The minimum atomic E-state index is -0.782. The molecule has 1 unspecified atom stereocenters. The van der Waals surface area contributed by atoms with Crippen LogP contribution in [-0.4, -0.2) is 73.9 Å². The van der Waals surface area contributed by atoms with Crippen LogP contribution in [0.25, 0.3) is 0 Å². The van der Waals surface area contributed by atoms with Crippen molar-refractivity contribution < 1.29 is 34.7 Å². The fourth-order valence-corrected chi connectivity index (χ4v) is 0.221. The average Bonchev–Trinajstić information content (AvgIpc) is 1.64. The Kier molecular flexibility index (Phi) is 23.3. The summed E-state index contributed by atoms with van der Waals surface area (Å²) in [6.07, 6.45) is 0. The van der Waals surface area contributed by atoms with Crippen LogP contribution in [0, 0.1) is 0 Å². The summed E-state index contributed by atoms with van der Waals surface area (Å²) < 4.78 is 0. The predicted octanol–water partition coefficient (Wildman–Crippen LogP) is -6.35. The summed E-state index contributed by atoms with van der Waals surface area (Å²) in [7, 11) is 3.47. The Balaban J connectivity index is -0.0000000817. The van der Waals surface area contributed by atoms with Crippen molar-refractivity contribution in [3.63, 3.8) is 0 Å². The number of halogens is 2. The number of hydrogen-bond donors (Lipinski definition) is 1. The van der Waals surface area contributed by atoms with E-state index < -0.39 is 5.97 Å². The molecule has 0 aromatic heterocycles. The molecule has 0 rings (SSSR count). The van der Waals surface area contributed by atoms with Crippen LogP contribution in [-0.2, 0) is 4.79 Å². The summed E-state index contributed by atoms with van der Waals surface area (Å²) in [5.74, 6) is -0.782. The number of carboxylic acids is 1. The number of carboxylic acid groups (broad SMARTS) is 1. The fourth-order valence-electron chi connectivity index (χ4n) is 0.221. The van der Waals surface area contributed by atoms with Crippen LogP contribution in [0.5, 0.6) is 0 Å². The van der Waals surface area contributed by atoms with E-state index in [9.17, 15) is 4.79 Å². The third kappa shape index (κ3) is 11.3. The number of rotatable bonds is 2. The van der Waals surface area contributed by atoms with Crippen LogP contribution in [0.1, 0.15) is 6.92 Å². The molecule has 0 aromatic carbocycles. The van der Waals surface area contributed by atoms with Gasteiger partial charge in [0.25, 0.3) is 0 Å². The Hall–Kier alpha value is 1.27. The molecule has 0 spiro atoms. The van der Waals surface area contributed by atoms with Crippen molar-refractivity contribution in [3.05, 3.63) is 0 Å². The van der Waals surface area contributed by atoms with Gasteiger partial charge < -0.3 is 29.9 Å². The number of likely N-dealkylation sites (N-methyl/N-ethyl adjacent to an activating group) is 1. The second-order valence-corrected chi connectivity index (χ2v) is 1.98. The molecule has 0 amide bonds. The van der Waals surface area contributed by atoms with Crippen LogP contribution >= 0.6 is 0 Å². The molecule has 0 saturated heterocycles. The minimum Gasteiger partial charge on any atom is -1.00 e. The van der Waals surface area contributed by atoms with E-state index in [-0.39, 0.29) is 68.6 Å². The van der Waals surface area contributed by atoms with Crippen LogP contribution in [0.4, 0.5) is 0 Å². The maximum atomic E-state index is 10.1. The van der Waals surface area contributed by atoms with E-state index in [1.54, 1.807) is 25.9 Å². The van der Waals surface area contributed by atoms with E-state index in [2.05, 4.69) is 0 Å². The molecular weight excluding hydrogens is 217 g/mol. The van der Waals surface area contributed by atoms with Gasteiger partial charge in [0, 0.05) is 0 Å². The van der Waals surface area contributed by atoms with Crippen molar-refractivity contribution in [2.45, 2.75) is 13.0 Å². The van der Waals surface area contributed by atoms with Crippen LogP contribution in [0.15, 0.2) is 0 Å². The van der Waals surface area contributed by atoms with E-state index in [1.165, 1.54) is 0 Å². The Morgan fingerprint density at radius 1 is 1.36 bits per heavy atom. The third-order valence-corrected chi connectivity index (χ3v) is 1.13. The summed E-state index contributed by atoms with van der Waals surface area (Å²) in [5.41, 5.74) is 0. The molecule has 3 nitrogen and oxygen atoms in total. The van der Waals surface area contributed by atoms with E-state index in [0.29, 0.717) is 0 Å². The molecule has 0 fully saturated rings. The molecule has 0 aromatic rings. The van der Waals surface area contributed by atoms with E-state index >= 15 is 0 Å². The number of aliphatic carboxylic acids is 1. The maximum absolute atomic E-state index is 10.1. The van der Waals surface area contributed by atoms with Gasteiger partial charge in [0.05, 0.1) is 0 Å². The molecule has 0 heterocycles. The van der Waals surface area contributed by atoms with Gasteiger partial charge in [-0.2, -0.15) is 0 Å². The van der Waals surface area contributed by atoms with Gasteiger partial charge in [-0.1, -0.05) is 0 Å². The summed E-state index contributed by atoms with van der Waals surface area (Å²) in [6, 6.07) is -0.380. The fraction of sp³-hybridized carbons (Fsp3) is 0.800.